The van der Waals surface area contributed by atoms with Crippen LogP contribution in [0.25, 0.3) is 32.9 Å². The summed E-state index contributed by atoms with van der Waals surface area (Å²) in [5.74, 6) is 3.71. The summed E-state index contributed by atoms with van der Waals surface area (Å²) in [6.07, 6.45) is 9.96. The zero-order valence-electron chi connectivity index (χ0n) is 43.2. The molecular weight excluding hydrogens is 926 g/mol. The zero-order chi connectivity index (χ0) is 51.5. The van der Waals surface area contributed by atoms with Crippen molar-refractivity contribution >= 4 is 33.7 Å². The Morgan fingerprint density at radius 2 is 1.47 bits per heavy atom. The molecule has 2 saturated heterocycles. The van der Waals surface area contributed by atoms with Crippen LogP contribution in [0.15, 0.2) is 134 Å². The predicted molar refractivity (Wildman–Crippen MR) is 289 cm³/mol. The monoisotopic (exact) mass is 987 g/mol. The van der Waals surface area contributed by atoms with E-state index in [1.54, 1.807) is 6.07 Å². The fraction of sp³-hybridized carbons (Fsp3) is 0.323. The van der Waals surface area contributed by atoms with Crippen molar-refractivity contribution in [1.29, 1.82) is 0 Å². The zero-order valence-corrected chi connectivity index (χ0v) is 43.2. The van der Waals surface area contributed by atoms with Crippen LogP contribution < -0.4 is 14.4 Å². The van der Waals surface area contributed by atoms with Crippen molar-refractivity contribution in [3.05, 3.63) is 178 Å². The minimum absolute atomic E-state index is 0.0317. The molecule has 0 radical (unpaired) electrons. The highest BCUT2D eigenvalue weighted by atomic mass is 19.1. The Hall–Kier alpha value is -7.75. The lowest BCUT2D eigenvalue weighted by molar-refractivity contribution is 0.0214. The van der Waals surface area contributed by atoms with E-state index in [4.69, 9.17) is 35.7 Å². The van der Waals surface area contributed by atoms with E-state index in [2.05, 4.69) is 101 Å². The molecule has 11 rings (SSSR count). The average Bonchev–Trinajstić information content (AvgIpc) is 3.82. The number of ether oxygens (including phenoxy) is 3. The lowest BCUT2D eigenvalue weighted by atomic mass is 9.77. The number of aromatic nitrogens is 4. The molecule has 11 nitrogen and oxygen atoms in total. The number of fused-ring (bicyclic) bond motifs is 4. The van der Waals surface area contributed by atoms with Crippen LogP contribution in [0.4, 0.5) is 15.0 Å². The Bertz CT molecular complexity index is 3320. The smallest absolute Gasteiger partial charge is 0.410 e. The van der Waals surface area contributed by atoms with Gasteiger partial charge in [-0.1, -0.05) is 109 Å². The molecule has 12 heteroatoms. The standard InChI is InChI=1S/C62H62FN7O4/c1-9-41-25-27-42(28-26-41)38-72-57-55(54-40(3)52(63)33-53-51(54)37-70(66-53)62(44-19-13-10-14-20-44,45-21-15-11-16-22-45)46-23-17-12-18-24-46)49(43-29-30-43)32-50-56(57)64-59(73-39(2)34-67(7)8)65-58(50)68-35-48-31-47(68)36-69(48)60(71)74-61(4,5)6/h1,10-28,32-33,37,39,43,47-48H,29-31,34-36,38H2,2-8H3/t39-,47+,48+/m1/s1. The molecule has 3 atom stereocenters. The second-order valence-corrected chi connectivity index (χ2v) is 21.5. The van der Waals surface area contributed by atoms with E-state index in [0.29, 0.717) is 53.4 Å². The third-order valence-electron chi connectivity index (χ3n) is 14.7. The summed E-state index contributed by atoms with van der Waals surface area (Å²) in [6.45, 7) is 11.4. The molecule has 0 N–H and O–H groups in total. The number of rotatable bonds is 14. The predicted octanol–water partition coefficient (Wildman–Crippen LogP) is 11.9. The number of amides is 1. The third-order valence-corrected chi connectivity index (χ3v) is 14.7. The van der Waals surface area contributed by atoms with Crippen molar-refractivity contribution in [2.75, 3.05) is 38.6 Å². The number of likely N-dealkylation sites (N-methyl/N-ethyl adjacent to an activating group) is 1. The number of benzene rings is 6. The van der Waals surface area contributed by atoms with Crippen LogP contribution in [0.3, 0.4) is 0 Å². The second-order valence-electron chi connectivity index (χ2n) is 21.5. The van der Waals surface area contributed by atoms with Gasteiger partial charge in [-0.25, -0.2) is 9.18 Å². The summed E-state index contributed by atoms with van der Waals surface area (Å²) in [5.41, 5.74) is 7.08. The number of carbonyl (C=O) groups is 1. The van der Waals surface area contributed by atoms with Gasteiger partial charge in [-0.2, -0.15) is 15.1 Å². The summed E-state index contributed by atoms with van der Waals surface area (Å²) in [5, 5.41) is 6.99. The van der Waals surface area contributed by atoms with Gasteiger partial charge in [-0.15, -0.1) is 6.42 Å². The molecule has 2 bridgehead atoms. The number of halogens is 1. The number of hydrogen-bond acceptors (Lipinski definition) is 9. The minimum Gasteiger partial charge on any atom is -0.486 e. The van der Waals surface area contributed by atoms with Gasteiger partial charge in [0, 0.05) is 59.4 Å². The van der Waals surface area contributed by atoms with E-state index < -0.39 is 11.1 Å². The molecule has 0 spiro atoms. The number of anilines is 1. The van der Waals surface area contributed by atoms with Crippen molar-refractivity contribution in [2.24, 2.45) is 0 Å². The van der Waals surface area contributed by atoms with Gasteiger partial charge >= 0.3 is 12.1 Å². The van der Waals surface area contributed by atoms with Gasteiger partial charge in [0.15, 0.2) is 5.75 Å². The number of likely N-dealkylation sites (tertiary alicyclic amines) is 1. The van der Waals surface area contributed by atoms with E-state index >= 15 is 4.39 Å². The molecule has 8 aromatic rings. The van der Waals surface area contributed by atoms with E-state index in [1.807, 2.05) is 101 Å². The molecule has 3 fully saturated rings. The van der Waals surface area contributed by atoms with Crippen molar-refractivity contribution in [3.8, 4) is 35.2 Å². The lowest BCUT2D eigenvalue weighted by Gasteiger charge is -2.36. The van der Waals surface area contributed by atoms with Crippen LogP contribution in [-0.2, 0) is 16.9 Å². The van der Waals surface area contributed by atoms with Crippen LogP contribution in [0.2, 0.25) is 0 Å². The maximum Gasteiger partial charge on any atom is 0.410 e. The number of hydrogen-bond donors (Lipinski definition) is 0. The first-order chi connectivity index (χ1) is 35.7. The number of carbonyl (C=O) groups excluding carboxylic acids is 1. The van der Waals surface area contributed by atoms with Crippen molar-refractivity contribution in [1.82, 2.24) is 29.5 Å². The van der Waals surface area contributed by atoms with Gasteiger partial charge in [-0.3, -0.25) is 4.68 Å². The van der Waals surface area contributed by atoms with Gasteiger partial charge in [-0.05, 0) is 125 Å². The van der Waals surface area contributed by atoms with Crippen LogP contribution in [-0.4, -0.2) is 93.2 Å². The van der Waals surface area contributed by atoms with Gasteiger partial charge in [0.1, 0.15) is 41.0 Å². The quantitative estimate of drug-likeness (QED) is 0.0779. The van der Waals surface area contributed by atoms with Crippen LogP contribution in [0, 0.1) is 25.1 Å². The topological polar surface area (TPSA) is 98.1 Å². The molecule has 6 aromatic carbocycles. The van der Waals surface area contributed by atoms with Crippen molar-refractivity contribution in [2.45, 2.75) is 95.7 Å². The van der Waals surface area contributed by atoms with Crippen LogP contribution in [0.5, 0.6) is 11.8 Å². The largest absolute Gasteiger partial charge is 0.486 e. The fourth-order valence-electron chi connectivity index (χ4n) is 11.3. The molecule has 0 unspecified atom stereocenters. The molecule has 1 amide bonds. The summed E-state index contributed by atoms with van der Waals surface area (Å²) < 4.78 is 39.1. The van der Waals surface area contributed by atoms with Gasteiger partial charge in [0.05, 0.1) is 17.6 Å². The minimum atomic E-state index is -0.956. The third kappa shape index (κ3) is 8.97. The summed E-state index contributed by atoms with van der Waals surface area (Å²) >= 11 is 0. The number of piperazine rings is 1. The molecule has 74 heavy (non-hydrogen) atoms. The highest BCUT2D eigenvalue weighted by molar-refractivity contribution is 6.06. The molecule has 3 aliphatic rings. The number of nitrogens with zero attached hydrogens (tertiary/aromatic N) is 7. The SMILES string of the molecule is C#Cc1ccc(COc2c(-c3c(C)c(F)cc4nn(C(c5ccccc5)(c5ccccc5)c5ccccc5)cc34)c(C3CC3)cc3c(N4C[C@@H]5C[C@H]4CN5C(=O)OC(C)(C)C)nc(O[C@H](C)CN(C)C)nc23)cc1. The maximum atomic E-state index is 17.2. The maximum absolute atomic E-state index is 17.2. The molecule has 4 heterocycles. The van der Waals surface area contributed by atoms with Gasteiger partial charge in [0.2, 0.25) is 0 Å². The van der Waals surface area contributed by atoms with Crippen molar-refractivity contribution in [3.63, 3.8) is 0 Å². The first-order valence-corrected chi connectivity index (χ1v) is 25.7. The normalized spacial score (nSPS) is 17.0. The highest BCUT2D eigenvalue weighted by Gasteiger charge is 2.48. The Morgan fingerprint density at radius 3 is 2.03 bits per heavy atom. The molecule has 2 aromatic heterocycles. The first-order valence-electron chi connectivity index (χ1n) is 25.7. The Kier molecular flexibility index (Phi) is 12.6. The highest BCUT2D eigenvalue weighted by Crippen LogP contribution is 2.54. The summed E-state index contributed by atoms with van der Waals surface area (Å²) in [7, 11) is 4.01. The molecule has 1 saturated carbocycles. The van der Waals surface area contributed by atoms with E-state index in [9.17, 15) is 4.79 Å². The van der Waals surface area contributed by atoms with E-state index in [0.717, 1.165) is 69.0 Å². The molecule has 2 aliphatic heterocycles. The first kappa shape index (κ1) is 48.5. The van der Waals surface area contributed by atoms with Crippen LogP contribution in [0.1, 0.15) is 91.8 Å². The lowest BCUT2D eigenvalue weighted by Crippen LogP contribution is -2.50. The van der Waals surface area contributed by atoms with Crippen LogP contribution >= 0.6 is 0 Å². The summed E-state index contributed by atoms with van der Waals surface area (Å²) in [4.78, 5) is 30.4. The molecular formula is C62H62FN7O4. The second kappa shape index (κ2) is 19.3. The summed E-state index contributed by atoms with van der Waals surface area (Å²) in [6, 6.07) is 42.8. The Morgan fingerprint density at radius 1 is 0.838 bits per heavy atom. The fourth-order valence-corrected chi connectivity index (χ4v) is 11.3. The molecule has 1 aliphatic carbocycles. The van der Waals surface area contributed by atoms with Gasteiger partial charge < -0.3 is 28.9 Å². The average molecular weight is 988 g/mol. The van der Waals surface area contributed by atoms with E-state index in [1.165, 1.54) is 0 Å². The Balaban J connectivity index is 1.17. The number of terminal acetylenes is 1. The van der Waals surface area contributed by atoms with Gasteiger partial charge in [0.25, 0.3) is 0 Å². The Labute approximate surface area is 432 Å². The molecule has 376 valence electrons. The van der Waals surface area contributed by atoms with Crippen molar-refractivity contribution < 1.29 is 23.4 Å². The van der Waals surface area contributed by atoms with E-state index in [-0.39, 0.29) is 48.6 Å².